The standard InChI is InChI=1S/C12H10.2CH4/c1-3-7-11(8-4-1)12-9-5-2-6-10-12;;/h1-10H;2*1H4. The van der Waals surface area contributed by atoms with Crippen LogP contribution in [0.3, 0.4) is 0 Å². The Labute approximate surface area is 87.2 Å². The second-order valence-corrected chi connectivity index (χ2v) is 2.73. The van der Waals surface area contributed by atoms with Gasteiger partial charge in [0.25, 0.3) is 0 Å². The maximum atomic E-state index is 2.12. The molecule has 2 rings (SSSR count). The van der Waals surface area contributed by atoms with Gasteiger partial charge < -0.3 is 0 Å². The van der Waals surface area contributed by atoms with Gasteiger partial charge in [-0.3, -0.25) is 0 Å². The van der Waals surface area contributed by atoms with Gasteiger partial charge in [0.05, 0.1) is 0 Å². The van der Waals surface area contributed by atoms with E-state index in [0.717, 1.165) is 0 Å². The highest BCUT2D eigenvalue weighted by molar-refractivity contribution is 5.62. The molecule has 0 heteroatoms. The molecule has 0 atom stereocenters. The van der Waals surface area contributed by atoms with Gasteiger partial charge in [0.15, 0.2) is 0 Å². The van der Waals surface area contributed by atoms with Gasteiger partial charge in [0.1, 0.15) is 0 Å². The van der Waals surface area contributed by atoms with Crippen LogP contribution in [0.25, 0.3) is 11.1 Å². The molecule has 0 fully saturated rings. The third-order valence-electron chi connectivity index (χ3n) is 1.88. The molecule has 0 saturated carbocycles. The number of rotatable bonds is 1. The first-order valence-electron chi connectivity index (χ1n) is 4.07. The first-order valence-corrected chi connectivity index (χ1v) is 4.07. The van der Waals surface area contributed by atoms with Crippen molar-refractivity contribution in [2.75, 3.05) is 0 Å². The molecule has 2 aromatic carbocycles. The minimum Gasteiger partial charge on any atom is -0.0776 e. The summed E-state index contributed by atoms with van der Waals surface area (Å²) in [5.74, 6) is 0. The number of hydrogen-bond donors (Lipinski definition) is 0. The largest absolute Gasteiger partial charge is 0.0776 e. The van der Waals surface area contributed by atoms with Crippen molar-refractivity contribution in [2.45, 2.75) is 14.9 Å². The Balaban J connectivity index is 0.000000845. The highest BCUT2D eigenvalue weighted by Gasteiger charge is 1.91. The van der Waals surface area contributed by atoms with Crippen molar-refractivity contribution in [3.8, 4) is 11.1 Å². The van der Waals surface area contributed by atoms with Gasteiger partial charge in [-0.15, -0.1) is 0 Å². The Hall–Kier alpha value is -1.56. The first kappa shape index (κ1) is 12.4. The van der Waals surface area contributed by atoms with Gasteiger partial charge in [-0.25, -0.2) is 0 Å². The average Bonchev–Trinajstić information content (AvgIpc) is 2.21. The summed E-state index contributed by atoms with van der Waals surface area (Å²) in [5.41, 5.74) is 2.55. The average molecular weight is 186 g/mol. The van der Waals surface area contributed by atoms with Crippen LogP contribution >= 0.6 is 0 Å². The van der Waals surface area contributed by atoms with Gasteiger partial charge in [0.2, 0.25) is 0 Å². The molecule has 0 amide bonds. The lowest BCUT2D eigenvalue weighted by Crippen LogP contribution is -1.73. The van der Waals surface area contributed by atoms with Crippen molar-refractivity contribution in [3.63, 3.8) is 0 Å². The molecule has 0 unspecified atom stereocenters. The Morgan fingerprint density at radius 3 is 1.00 bits per heavy atom. The van der Waals surface area contributed by atoms with Gasteiger partial charge in [-0.2, -0.15) is 0 Å². The molecule has 2 aromatic rings. The molecule has 0 aliphatic heterocycles. The maximum Gasteiger partial charge on any atom is -0.0184 e. The fourth-order valence-electron chi connectivity index (χ4n) is 1.26. The smallest absolute Gasteiger partial charge is 0.0184 e. The molecule has 0 radical (unpaired) electrons. The van der Waals surface area contributed by atoms with Crippen molar-refractivity contribution in [1.29, 1.82) is 0 Å². The van der Waals surface area contributed by atoms with E-state index in [1.165, 1.54) is 11.1 Å². The highest BCUT2D eigenvalue weighted by Crippen LogP contribution is 2.17. The van der Waals surface area contributed by atoms with Crippen LogP contribution in [0.5, 0.6) is 0 Å². The molecular weight excluding hydrogens is 168 g/mol. The number of hydrogen-bond acceptors (Lipinski definition) is 0. The zero-order chi connectivity index (χ0) is 8.23. The highest BCUT2D eigenvalue weighted by atomic mass is 14.0. The monoisotopic (exact) mass is 186 g/mol. The van der Waals surface area contributed by atoms with Crippen molar-refractivity contribution < 1.29 is 0 Å². The van der Waals surface area contributed by atoms with Crippen LogP contribution in [0.4, 0.5) is 0 Å². The van der Waals surface area contributed by atoms with E-state index < -0.39 is 0 Å². The molecule has 14 heavy (non-hydrogen) atoms. The van der Waals surface area contributed by atoms with Crippen LogP contribution in [0.15, 0.2) is 60.7 Å². The molecule has 0 bridgehead atoms. The third-order valence-corrected chi connectivity index (χ3v) is 1.88. The predicted octanol–water partition coefficient (Wildman–Crippen LogP) is 4.63. The minimum atomic E-state index is 0. The molecule has 0 aliphatic rings. The summed E-state index contributed by atoms with van der Waals surface area (Å²) in [6.07, 6.45) is 0. The Morgan fingerprint density at radius 2 is 0.714 bits per heavy atom. The van der Waals surface area contributed by atoms with E-state index in [-0.39, 0.29) is 14.9 Å². The zero-order valence-corrected chi connectivity index (χ0v) is 6.77. The van der Waals surface area contributed by atoms with E-state index in [0.29, 0.717) is 0 Å². The fourth-order valence-corrected chi connectivity index (χ4v) is 1.26. The van der Waals surface area contributed by atoms with Crippen molar-refractivity contribution in [1.82, 2.24) is 0 Å². The fraction of sp³-hybridized carbons (Fsp3) is 0.143. The van der Waals surface area contributed by atoms with Crippen LogP contribution in [-0.2, 0) is 0 Å². The molecule has 74 valence electrons. The van der Waals surface area contributed by atoms with Crippen LogP contribution in [-0.4, -0.2) is 0 Å². The van der Waals surface area contributed by atoms with Crippen molar-refractivity contribution in [3.05, 3.63) is 60.7 Å². The van der Waals surface area contributed by atoms with E-state index >= 15 is 0 Å². The Bertz CT molecular complexity index is 297. The molecule has 0 saturated heterocycles. The summed E-state index contributed by atoms with van der Waals surface area (Å²) < 4.78 is 0. The molecular formula is C14H18. The zero-order valence-electron chi connectivity index (χ0n) is 6.77. The van der Waals surface area contributed by atoms with Gasteiger partial charge in [-0.1, -0.05) is 75.5 Å². The van der Waals surface area contributed by atoms with E-state index in [1.54, 1.807) is 0 Å². The second kappa shape index (κ2) is 5.98. The maximum absolute atomic E-state index is 2.12. The van der Waals surface area contributed by atoms with Crippen molar-refractivity contribution in [2.24, 2.45) is 0 Å². The van der Waals surface area contributed by atoms with Crippen molar-refractivity contribution >= 4 is 0 Å². The van der Waals surface area contributed by atoms with E-state index in [2.05, 4.69) is 48.5 Å². The summed E-state index contributed by atoms with van der Waals surface area (Å²) in [6.45, 7) is 0. The van der Waals surface area contributed by atoms with E-state index in [1.807, 2.05) is 12.1 Å². The number of benzene rings is 2. The minimum absolute atomic E-state index is 0. The molecule has 0 heterocycles. The van der Waals surface area contributed by atoms with Gasteiger partial charge in [0, 0.05) is 0 Å². The SMILES string of the molecule is C.C.c1ccc(-c2ccccc2)cc1. The molecule has 0 nitrogen and oxygen atoms in total. The molecule has 0 N–H and O–H groups in total. The third kappa shape index (κ3) is 2.74. The summed E-state index contributed by atoms with van der Waals surface area (Å²) in [5, 5.41) is 0. The van der Waals surface area contributed by atoms with Gasteiger partial charge >= 0.3 is 0 Å². The van der Waals surface area contributed by atoms with E-state index in [4.69, 9.17) is 0 Å². The van der Waals surface area contributed by atoms with Crippen LogP contribution in [0, 0.1) is 0 Å². The lowest BCUT2D eigenvalue weighted by molar-refractivity contribution is 1.62. The summed E-state index contributed by atoms with van der Waals surface area (Å²) >= 11 is 0. The van der Waals surface area contributed by atoms with Crippen LogP contribution in [0.2, 0.25) is 0 Å². The lowest BCUT2D eigenvalue weighted by Gasteiger charge is -1.98. The summed E-state index contributed by atoms with van der Waals surface area (Å²) in [6, 6.07) is 20.8. The lowest BCUT2D eigenvalue weighted by atomic mass is 10.1. The molecule has 0 aromatic heterocycles. The second-order valence-electron chi connectivity index (χ2n) is 2.73. The summed E-state index contributed by atoms with van der Waals surface area (Å²) in [7, 11) is 0. The molecule has 0 spiro atoms. The first-order chi connectivity index (χ1) is 5.97. The van der Waals surface area contributed by atoms with E-state index in [9.17, 15) is 0 Å². The summed E-state index contributed by atoms with van der Waals surface area (Å²) in [4.78, 5) is 0. The quantitative estimate of drug-likeness (QED) is 0.609. The van der Waals surface area contributed by atoms with Crippen LogP contribution in [0.1, 0.15) is 14.9 Å². The Kier molecular flexibility index (Phi) is 5.31. The Morgan fingerprint density at radius 1 is 0.429 bits per heavy atom. The van der Waals surface area contributed by atoms with Gasteiger partial charge in [-0.05, 0) is 11.1 Å². The normalized spacial score (nSPS) is 8.29. The molecule has 0 aliphatic carbocycles. The topological polar surface area (TPSA) is 0 Å². The predicted molar refractivity (Wildman–Crippen MR) is 65.3 cm³/mol. The van der Waals surface area contributed by atoms with Crippen LogP contribution < -0.4 is 0 Å².